The van der Waals surface area contributed by atoms with Gasteiger partial charge in [0.15, 0.2) is 0 Å². The van der Waals surface area contributed by atoms with Crippen LogP contribution >= 0.6 is 11.8 Å². The summed E-state index contributed by atoms with van der Waals surface area (Å²) in [5, 5.41) is 5.00. The highest BCUT2D eigenvalue weighted by Crippen LogP contribution is 2.20. The van der Waals surface area contributed by atoms with E-state index in [1.807, 2.05) is 11.8 Å². The van der Waals surface area contributed by atoms with Crippen molar-refractivity contribution in [2.24, 2.45) is 7.05 Å². The fourth-order valence-corrected chi connectivity index (χ4v) is 3.17. The summed E-state index contributed by atoms with van der Waals surface area (Å²) in [7, 11) is 2.12. The van der Waals surface area contributed by atoms with Crippen molar-refractivity contribution in [3.05, 3.63) is 36.0 Å². The summed E-state index contributed by atoms with van der Waals surface area (Å²) in [6.07, 6.45) is 3.48. The maximum atomic E-state index is 3.64. The molecule has 0 amide bonds. The molecule has 104 valence electrons. The SMILES string of the molecule is CCSCCC(C)NCc1cn(C)c2ccccc12. The van der Waals surface area contributed by atoms with E-state index < -0.39 is 0 Å². The summed E-state index contributed by atoms with van der Waals surface area (Å²) < 4.78 is 2.21. The van der Waals surface area contributed by atoms with Gasteiger partial charge in [0, 0.05) is 36.7 Å². The Bertz CT molecular complexity index is 518. The van der Waals surface area contributed by atoms with Crippen LogP contribution in [0.3, 0.4) is 0 Å². The second-order valence-electron chi connectivity index (χ2n) is 5.05. The second kappa shape index (κ2) is 7.01. The molecular weight excluding hydrogens is 252 g/mol. The van der Waals surface area contributed by atoms with E-state index in [1.54, 1.807) is 0 Å². The number of rotatable bonds is 7. The number of hydrogen-bond donors (Lipinski definition) is 1. The molecular formula is C16H24N2S. The lowest BCUT2D eigenvalue weighted by Gasteiger charge is -2.12. The Morgan fingerprint density at radius 1 is 1.32 bits per heavy atom. The highest BCUT2D eigenvalue weighted by molar-refractivity contribution is 7.99. The Hall–Kier alpha value is -0.930. The highest BCUT2D eigenvalue weighted by Gasteiger charge is 2.07. The molecule has 1 aromatic carbocycles. The summed E-state index contributed by atoms with van der Waals surface area (Å²) in [4.78, 5) is 0. The number of fused-ring (bicyclic) bond motifs is 1. The third kappa shape index (κ3) is 3.77. The maximum absolute atomic E-state index is 3.64. The molecule has 2 aromatic rings. The number of aryl methyl sites for hydroxylation is 1. The first-order chi connectivity index (χ1) is 9.22. The van der Waals surface area contributed by atoms with Gasteiger partial charge < -0.3 is 9.88 Å². The predicted octanol–water partition coefficient (Wildman–Crippen LogP) is 3.80. The van der Waals surface area contributed by atoms with Crippen LogP contribution in [-0.2, 0) is 13.6 Å². The Labute approximate surface area is 120 Å². The van der Waals surface area contributed by atoms with E-state index in [-0.39, 0.29) is 0 Å². The van der Waals surface area contributed by atoms with Crippen LogP contribution in [0, 0.1) is 0 Å². The molecule has 3 heteroatoms. The quantitative estimate of drug-likeness (QED) is 0.775. The Morgan fingerprint density at radius 3 is 2.89 bits per heavy atom. The van der Waals surface area contributed by atoms with Gasteiger partial charge in [-0.3, -0.25) is 0 Å². The third-order valence-corrected chi connectivity index (χ3v) is 4.45. The molecule has 1 aromatic heterocycles. The van der Waals surface area contributed by atoms with Gasteiger partial charge in [0.25, 0.3) is 0 Å². The average Bonchev–Trinajstić information content (AvgIpc) is 2.74. The van der Waals surface area contributed by atoms with E-state index in [1.165, 1.54) is 34.4 Å². The molecule has 19 heavy (non-hydrogen) atoms. The summed E-state index contributed by atoms with van der Waals surface area (Å²) in [5.74, 6) is 2.47. The maximum Gasteiger partial charge on any atom is 0.0481 e. The van der Waals surface area contributed by atoms with Crippen LogP contribution in [0.2, 0.25) is 0 Å². The first kappa shape index (κ1) is 14.5. The number of nitrogens with zero attached hydrogens (tertiary/aromatic N) is 1. The van der Waals surface area contributed by atoms with Gasteiger partial charge in [-0.15, -0.1) is 0 Å². The van der Waals surface area contributed by atoms with Gasteiger partial charge >= 0.3 is 0 Å². The molecule has 0 radical (unpaired) electrons. The van der Waals surface area contributed by atoms with Gasteiger partial charge in [-0.25, -0.2) is 0 Å². The van der Waals surface area contributed by atoms with Crippen molar-refractivity contribution < 1.29 is 0 Å². The topological polar surface area (TPSA) is 17.0 Å². The van der Waals surface area contributed by atoms with E-state index in [9.17, 15) is 0 Å². The van der Waals surface area contributed by atoms with E-state index in [0.29, 0.717) is 6.04 Å². The Morgan fingerprint density at radius 2 is 2.11 bits per heavy atom. The minimum absolute atomic E-state index is 0.581. The van der Waals surface area contributed by atoms with E-state index in [0.717, 1.165) is 6.54 Å². The van der Waals surface area contributed by atoms with E-state index in [4.69, 9.17) is 0 Å². The van der Waals surface area contributed by atoms with Crippen molar-refractivity contribution in [1.82, 2.24) is 9.88 Å². The van der Waals surface area contributed by atoms with Crippen LogP contribution in [0.25, 0.3) is 10.9 Å². The van der Waals surface area contributed by atoms with Gasteiger partial charge in [-0.1, -0.05) is 25.1 Å². The molecule has 2 nitrogen and oxygen atoms in total. The number of benzene rings is 1. The van der Waals surface area contributed by atoms with Crippen molar-refractivity contribution in [3.8, 4) is 0 Å². The molecule has 0 aliphatic heterocycles. The Balaban J connectivity index is 1.94. The van der Waals surface area contributed by atoms with Crippen LogP contribution in [0.15, 0.2) is 30.5 Å². The minimum Gasteiger partial charge on any atom is -0.350 e. The number of aromatic nitrogens is 1. The predicted molar refractivity (Wildman–Crippen MR) is 86.8 cm³/mol. The zero-order valence-corrected chi connectivity index (χ0v) is 13.0. The molecule has 0 spiro atoms. The minimum atomic E-state index is 0.581. The fourth-order valence-electron chi connectivity index (χ4n) is 2.36. The molecule has 0 aliphatic carbocycles. The van der Waals surface area contributed by atoms with Crippen LogP contribution in [0.1, 0.15) is 25.8 Å². The number of hydrogen-bond acceptors (Lipinski definition) is 2. The lowest BCUT2D eigenvalue weighted by molar-refractivity contribution is 0.538. The van der Waals surface area contributed by atoms with Gasteiger partial charge in [-0.2, -0.15) is 11.8 Å². The Kier molecular flexibility index (Phi) is 5.34. The van der Waals surface area contributed by atoms with E-state index in [2.05, 4.69) is 61.2 Å². The van der Waals surface area contributed by atoms with Crippen molar-refractivity contribution in [2.75, 3.05) is 11.5 Å². The average molecular weight is 276 g/mol. The third-order valence-electron chi connectivity index (χ3n) is 3.52. The van der Waals surface area contributed by atoms with Gasteiger partial charge in [0.05, 0.1) is 0 Å². The molecule has 1 unspecified atom stereocenters. The van der Waals surface area contributed by atoms with E-state index >= 15 is 0 Å². The standard InChI is InChI=1S/C16H24N2S/c1-4-19-10-9-13(2)17-11-14-12-18(3)16-8-6-5-7-15(14)16/h5-8,12-13,17H,4,9-11H2,1-3H3. The number of thioether (sulfide) groups is 1. The summed E-state index contributed by atoms with van der Waals surface area (Å²) in [6.45, 7) is 5.46. The molecule has 0 saturated heterocycles. The molecule has 1 N–H and O–H groups in total. The van der Waals surface area contributed by atoms with Crippen molar-refractivity contribution >= 4 is 22.7 Å². The zero-order valence-electron chi connectivity index (χ0n) is 12.1. The number of para-hydroxylation sites is 1. The lowest BCUT2D eigenvalue weighted by Crippen LogP contribution is -2.25. The van der Waals surface area contributed by atoms with Crippen molar-refractivity contribution in [3.63, 3.8) is 0 Å². The summed E-state index contributed by atoms with van der Waals surface area (Å²) >= 11 is 2.02. The lowest BCUT2D eigenvalue weighted by atomic mass is 10.1. The molecule has 0 aliphatic rings. The normalized spacial score (nSPS) is 13.0. The zero-order chi connectivity index (χ0) is 13.7. The van der Waals surface area contributed by atoms with Crippen LogP contribution in [0.5, 0.6) is 0 Å². The van der Waals surface area contributed by atoms with Gasteiger partial charge in [0.2, 0.25) is 0 Å². The molecule has 0 fully saturated rings. The molecule has 1 heterocycles. The largest absolute Gasteiger partial charge is 0.350 e. The van der Waals surface area contributed by atoms with Gasteiger partial charge in [-0.05, 0) is 36.5 Å². The first-order valence-corrected chi connectivity index (χ1v) is 8.22. The molecule has 0 bridgehead atoms. The summed E-state index contributed by atoms with van der Waals surface area (Å²) in [5.41, 5.74) is 2.71. The molecule has 2 rings (SSSR count). The fraction of sp³-hybridized carbons (Fsp3) is 0.500. The second-order valence-corrected chi connectivity index (χ2v) is 6.44. The van der Waals surface area contributed by atoms with Crippen molar-refractivity contribution in [1.29, 1.82) is 0 Å². The first-order valence-electron chi connectivity index (χ1n) is 7.06. The smallest absolute Gasteiger partial charge is 0.0481 e. The number of nitrogens with one attached hydrogen (secondary N) is 1. The highest BCUT2D eigenvalue weighted by atomic mass is 32.2. The van der Waals surface area contributed by atoms with Crippen LogP contribution in [0.4, 0.5) is 0 Å². The summed E-state index contributed by atoms with van der Waals surface area (Å²) in [6, 6.07) is 9.19. The van der Waals surface area contributed by atoms with Crippen LogP contribution in [-0.4, -0.2) is 22.1 Å². The van der Waals surface area contributed by atoms with Crippen molar-refractivity contribution in [2.45, 2.75) is 32.9 Å². The van der Waals surface area contributed by atoms with Gasteiger partial charge in [0.1, 0.15) is 0 Å². The van der Waals surface area contributed by atoms with Crippen LogP contribution < -0.4 is 5.32 Å². The molecule has 0 saturated carbocycles. The molecule has 1 atom stereocenters. The monoisotopic (exact) mass is 276 g/mol.